The summed E-state index contributed by atoms with van der Waals surface area (Å²) in [6, 6.07) is 8.29. The number of morpholine rings is 1. The number of hydrogen-bond donors (Lipinski definition) is 1. The Kier molecular flexibility index (Phi) is 6.73. The Morgan fingerprint density at radius 1 is 1.25 bits per heavy atom. The molecule has 1 saturated heterocycles. The predicted molar refractivity (Wildman–Crippen MR) is 107 cm³/mol. The number of nitrogens with zero attached hydrogens (tertiary/aromatic N) is 2. The van der Waals surface area contributed by atoms with Crippen LogP contribution in [0, 0.1) is 6.92 Å². The van der Waals surface area contributed by atoms with Gasteiger partial charge >= 0.3 is 5.97 Å². The van der Waals surface area contributed by atoms with Crippen molar-refractivity contribution in [3.63, 3.8) is 0 Å². The molecule has 1 aliphatic carbocycles. The Morgan fingerprint density at radius 3 is 2.64 bits per heavy atom. The molecule has 6 heteroatoms. The van der Waals surface area contributed by atoms with Crippen LogP contribution in [0.3, 0.4) is 0 Å². The highest BCUT2D eigenvalue weighted by molar-refractivity contribution is 5.89. The molecule has 1 unspecified atom stereocenters. The van der Waals surface area contributed by atoms with E-state index in [2.05, 4.69) is 19.1 Å². The summed E-state index contributed by atoms with van der Waals surface area (Å²) in [6.45, 7) is 4.21. The maximum atomic E-state index is 13.8. The highest BCUT2D eigenvalue weighted by Crippen LogP contribution is 2.42. The van der Waals surface area contributed by atoms with Gasteiger partial charge in [0.25, 0.3) is 0 Å². The van der Waals surface area contributed by atoms with E-state index < -0.39 is 11.4 Å². The number of carbonyl (C=O) groups is 2. The fourth-order valence-corrected chi connectivity index (χ4v) is 4.82. The number of aliphatic carboxylic acids is 1. The molecule has 1 atom stereocenters. The van der Waals surface area contributed by atoms with E-state index >= 15 is 0 Å². The molecular weight excluding hydrogens is 356 g/mol. The van der Waals surface area contributed by atoms with Gasteiger partial charge in [0.2, 0.25) is 5.91 Å². The number of benzene rings is 1. The van der Waals surface area contributed by atoms with E-state index in [-0.39, 0.29) is 18.6 Å². The van der Waals surface area contributed by atoms with Crippen molar-refractivity contribution in [1.82, 2.24) is 9.80 Å². The Labute approximate surface area is 167 Å². The number of aryl methyl sites for hydroxylation is 1. The third-order valence-electron chi connectivity index (χ3n) is 6.12. The van der Waals surface area contributed by atoms with E-state index in [0.717, 1.165) is 25.7 Å². The highest BCUT2D eigenvalue weighted by atomic mass is 16.5. The molecule has 3 rings (SSSR count). The van der Waals surface area contributed by atoms with E-state index in [4.69, 9.17) is 9.84 Å². The van der Waals surface area contributed by atoms with Gasteiger partial charge in [0.15, 0.2) is 0 Å². The second-order valence-electron chi connectivity index (χ2n) is 8.29. The Bertz CT molecular complexity index is 700. The zero-order valence-corrected chi connectivity index (χ0v) is 17.0. The number of carboxylic acids is 1. The summed E-state index contributed by atoms with van der Waals surface area (Å²) in [7, 11) is 1.77. The topological polar surface area (TPSA) is 70.1 Å². The summed E-state index contributed by atoms with van der Waals surface area (Å²) in [5.41, 5.74) is 1.92. The third kappa shape index (κ3) is 4.55. The average molecular weight is 389 g/mol. The van der Waals surface area contributed by atoms with E-state index in [1.807, 2.05) is 17.0 Å². The van der Waals surface area contributed by atoms with Crippen molar-refractivity contribution in [2.45, 2.75) is 50.5 Å². The van der Waals surface area contributed by atoms with Crippen LogP contribution in [0.1, 0.15) is 43.2 Å². The maximum absolute atomic E-state index is 13.8. The van der Waals surface area contributed by atoms with Crippen LogP contribution >= 0.6 is 0 Å². The quantitative estimate of drug-likeness (QED) is 0.811. The molecule has 0 spiro atoms. The fourth-order valence-electron chi connectivity index (χ4n) is 4.82. The Balaban J connectivity index is 1.77. The van der Waals surface area contributed by atoms with Crippen molar-refractivity contribution in [3.05, 3.63) is 35.4 Å². The average Bonchev–Trinajstić information content (AvgIpc) is 2.68. The monoisotopic (exact) mass is 388 g/mol. The van der Waals surface area contributed by atoms with Crippen molar-refractivity contribution in [3.8, 4) is 0 Å². The van der Waals surface area contributed by atoms with Gasteiger partial charge in [-0.2, -0.15) is 0 Å². The molecule has 1 aromatic rings. The minimum Gasteiger partial charge on any atom is -0.480 e. The van der Waals surface area contributed by atoms with Crippen molar-refractivity contribution >= 4 is 11.9 Å². The summed E-state index contributed by atoms with van der Waals surface area (Å²) in [5.74, 6) is -0.636. The van der Waals surface area contributed by atoms with Crippen molar-refractivity contribution < 1.29 is 19.4 Å². The first-order chi connectivity index (χ1) is 13.4. The third-order valence-corrected chi connectivity index (χ3v) is 6.12. The van der Waals surface area contributed by atoms with Crippen LogP contribution in [0.5, 0.6) is 0 Å². The Hall–Kier alpha value is -1.92. The molecule has 0 radical (unpaired) electrons. The molecule has 1 heterocycles. The summed E-state index contributed by atoms with van der Waals surface area (Å²) in [4.78, 5) is 28.4. The number of amides is 1. The minimum atomic E-state index is -0.855. The molecule has 0 bridgehead atoms. The number of likely N-dealkylation sites (N-methyl/N-ethyl adjacent to an activating group) is 1. The lowest BCUT2D eigenvalue weighted by Crippen LogP contribution is -2.55. The van der Waals surface area contributed by atoms with Gasteiger partial charge in [0, 0.05) is 19.6 Å². The zero-order chi connectivity index (χ0) is 20.1. The molecule has 0 aromatic heterocycles. The highest BCUT2D eigenvalue weighted by Gasteiger charge is 2.45. The van der Waals surface area contributed by atoms with Crippen molar-refractivity contribution in [1.29, 1.82) is 0 Å². The van der Waals surface area contributed by atoms with Crippen molar-refractivity contribution in [2.75, 3.05) is 39.8 Å². The number of ether oxygens (including phenoxy) is 1. The van der Waals surface area contributed by atoms with Crippen LogP contribution in [0.15, 0.2) is 24.3 Å². The second-order valence-corrected chi connectivity index (χ2v) is 8.29. The first-order valence-electron chi connectivity index (χ1n) is 10.3. The maximum Gasteiger partial charge on any atom is 0.317 e. The molecule has 1 N–H and O–H groups in total. The molecule has 2 aliphatic rings. The number of carboxylic acid groups (broad SMARTS) is 1. The molecule has 1 aliphatic heterocycles. The van der Waals surface area contributed by atoms with Crippen LogP contribution in [0.4, 0.5) is 0 Å². The first-order valence-corrected chi connectivity index (χ1v) is 10.3. The van der Waals surface area contributed by atoms with Gasteiger partial charge in [-0.1, -0.05) is 43.5 Å². The lowest BCUT2D eigenvalue weighted by molar-refractivity contribution is -0.148. The van der Waals surface area contributed by atoms with E-state index in [0.29, 0.717) is 26.2 Å². The van der Waals surface area contributed by atoms with Crippen LogP contribution in [-0.2, 0) is 19.7 Å². The SMILES string of the molecule is Cc1ccccc1C1(C(=O)N2CCOC(CN(C)CC(=O)O)C2)CCCCC1. The van der Waals surface area contributed by atoms with Crippen LogP contribution < -0.4 is 0 Å². The fraction of sp³-hybridized carbons (Fsp3) is 0.636. The molecule has 1 aromatic carbocycles. The summed E-state index contributed by atoms with van der Waals surface area (Å²) in [5, 5.41) is 8.96. The summed E-state index contributed by atoms with van der Waals surface area (Å²) in [6.07, 6.45) is 4.99. The number of carbonyl (C=O) groups excluding carboxylic acids is 1. The molecule has 6 nitrogen and oxygen atoms in total. The summed E-state index contributed by atoms with van der Waals surface area (Å²) >= 11 is 0. The van der Waals surface area contributed by atoms with Gasteiger partial charge in [0.05, 0.1) is 24.7 Å². The van der Waals surface area contributed by atoms with Crippen LogP contribution in [0.25, 0.3) is 0 Å². The zero-order valence-electron chi connectivity index (χ0n) is 17.0. The summed E-state index contributed by atoms with van der Waals surface area (Å²) < 4.78 is 5.83. The molecular formula is C22H32N2O4. The normalized spacial score (nSPS) is 22.2. The van der Waals surface area contributed by atoms with Gasteiger partial charge in [-0.05, 0) is 37.9 Å². The van der Waals surface area contributed by atoms with E-state index in [9.17, 15) is 9.59 Å². The van der Waals surface area contributed by atoms with Gasteiger partial charge in [-0.3, -0.25) is 14.5 Å². The smallest absolute Gasteiger partial charge is 0.317 e. The molecule has 1 saturated carbocycles. The lowest BCUT2D eigenvalue weighted by Gasteiger charge is -2.43. The first kappa shape index (κ1) is 20.8. The van der Waals surface area contributed by atoms with Gasteiger partial charge in [-0.25, -0.2) is 0 Å². The van der Waals surface area contributed by atoms with Crippen molar-refractivity contribution in [2.24, 2.45) is 0 Å². The minimum absolute atomic E-state index is 0.0268. The van der Waals surface area contributed by atoms with Gasteiger partial charge < -0.3 is 14.7 Å². The van der Waals surface area contributed by atoms with E-state index in [1.165, 1.54) is 17.5 Å². The lowest BCUT2D eigenvalue weighted by atomic mass is 9.67. The van der Waals surface area contributed by atoms with E-state index in [1.54, 1.807) is 11.9 Å². The predicted octanol–water partition coefficient (Wildman–Crippen LogP) is 2.44. The largest absolute Gasteiger partial charge is 0.480 e. The molecule has 2 fully saturated rings. The standard InChI is InChI=1S/C22H32N2O4/c1-17-8-4-5-9-19(17)22(10-6-3-7-11-22)21(27)24-12-13-28-18(15-24)14-23(2)16-20(25)26/h4-5,8-9,18H,3,6-7,10-16H2,1-2H3,(H,25,26). The van der Waals surface area contributed by atoms with Gasteiger partial charge in [0.1, 0.15) is 0 Å². The Morgan fingerprint density at radius 2 is 1.96 bits per heavy atom. The van der Waals surface area contributed by atoms with Crippen LogP contribution in [-0.4, -0.2) is 72.7 Å². The molecule has 28 heavy (non-hydrogen) atoms. The van der Waals surface area contributed by atoms with Gasteiger partial charge in [-0.15, -0.1) is 0 Å². The van der Waals surface area contributed by atoms with Crippen LogP contribution in [0.2, 0.25) is 0 Å². The number of rotatable bonds is 6. The number of hydrogen-bond acceptors (Lipinski definition) is 4. The molecule has 154 valence electrons. The molecule has 1 amide bonds. The second kappa shape index (κ2) is 9.05.